The molecule has 0 saturated carbocycles. The molecule has 1 atom stereocenters. The molecule has 2 aromatic rings. The summed E-state index contributed by atoms with van der Waals surface area (Å²) >= 11 is 0. The van der Waals surface area contributed by atoms with Gasteiger partial charge in [0, 0.05) is 17.8 Å². The maximum absolute atomic E-state index is 12.4. The van der Waals surface area contributed by atoms with E-state index < -0.39 is 11.7 Å². The first-order valence-electron chi connectivity index (χ1n) is 7.80. The molecule has 1 amide bonds. The number of Topliss-reactive ketones (excluding diaryl/α,β-unsaturated/α-hetero) is 1. The Labute approximate surface area is 136 Å². The normalized spacial score (nSPS) is 12.9. The van der Waals surface area contributed by atoms with Crippen molar-refractivity contribution in [2.75, 3.05) is 0 Å². The Morgan fingerprint density at radius 1 is 1.26 bits per heavy atom. The van der Waals surface area contributed by atoms with Crippen LogP contribution in [0.5, 0.6) is 0 Å². The number of hydrogen-bond acceptors (Lipinski definition) is 4. The summed E-state index contributed by atoms with van der Waals surface area (Å²) in [6.45, 7) is 7.31. The van der Waals surface area contributed by atoms with Gasteiger partial charge in [-0.2, -0.15) is 0 Å². The lowest BCUT2D eigenvalue weighted by atomic mass is 10.1. The van der Waals surface area contributed by atoms with Gasteiger partial charge >= 0.3 is 6.09 Å². The number of furan rings is 1. The lowest BCUT2D eigenvalue weighted by molar-refractivity contribution is 0.0500. The summed E-state index contributed by atoms with van der Waals surface area (Å²) < 4.78 is 10.8. The van der Waals surface area contributed by atoms with E-state index in [-0.39, 0.29) is 18.2 Å². The van der Waals surface area contributed by atoms with Gasteiger partial charge in [-0.3, -0.25) is 4.79 Å². The molecule has 5 nitrogen and oxygen atoms in total. The van der Waals surface area contributed by atoms with Crippen molar-refractivity contribution in [2.24, 2.45) is 0 Å². The number of nitrogens with one attached hydrogen (secondary N) is 1. The highest BCUT2D eigenvalue weighted by Gasteiger charge is 2.22. The zero-order valence-corrected chi connectivity index (χ0v) is 14.0. The van der Waals surface area contributed by atoms with Crippen LogP contribution < -0.4 is 5.32 Å². The Morgan fingerprint density at radius 3 is 2.57 bits per heavy atom. The molecule has 0 radical (unpaired) electrons. The molecular weight excluding hydrogens is 294 g/mol. The monoisotopic (exact) mass is 317 g/mol. The highest BCUT2D eigenvalue weighted by molar-refractivity contribution is 5.98. The molecule has 23 heavy (non-hydrogen) atoms. The van der Waals surface area contributed by atoms with E-state index in [1.165, 1.54) is 0 Å². The van der Waals surface area contributed by atoms with Crippen molar-refractivity contribution in [3.63, 3.8) is 0 Å². The van der Waals surface area contributed by atoms with Crippen LogP contribution in [0.25, 0.3) is 11.0 Å². The smallest absolute Gasteiger partial charge is 0.407 e. The number of rotatable bonds is 5. The Morgan fingerprint density at radius 2 is 1.96 bits per heavy atom. The van der Waals surface area contributed by atoms with Crippen LogP contribution in [0.2, 0.25) is 0 Å². The van der Waals surface area contributed by atoms with Crippen molar-refractivity contribution >= 4 is 22.8 Å². The molecule has 0 fully saturated rings. The average Bonchev–Trinajstić information content (AvgIpc) is 2.88. The molecule has 1 aromatic carbocycles. The molecule has 1 N–H and O–H groups in total. The number of carbonyl (C=O) groups excluding carboxylic acids is 2. The molecule has 0 aliphatic heterocycles. The van der Waals surface area contributed by atoms with E-state index >= 15 is 0 Å². The lowest BCUT2D eigenvalue weighted by Crippen LogP contribution is -2.39. The van der Waals surface area contributed by atoms with Crippen molar-refractivity contribution in [3.05, 3.63) is 36.1 Å². The topological polar surface area (TPSA) is 68.5 Å². The quantitative estimate of drug-likeness (QED) is 0.834. The van der Waals surface area contributed by atoms with E-state index in [0.29, 0.717) is 17.8 Å². The van der Waals surface area contributed by atoms with Crippen LogP contribution in [0.1, 0.15) is 51.1 Å². The molecule has 1 unspecified atom stereocenters. The first-order chi connectivity index (χ1) is 10.8. The highest BCUT2D eigenvalue weighted by Crippen LogP contribution is 2.20. The number of carbonyl (C=O) groups is 2. The van der Waals surface area contributed by atoms with Crippen molar-refractivity contribution in [1.29, 1.82) is 0 Å². The lowest BCUT2D eigenvalue weighted by Gasteiger charge is -2.22. The van der Waals surface area contributed by atoms with E-state index in [1.807, 2.05) is 31.2 Å². The maximum Gasteiger partial charge on any atom is 0.407 e. The van der Waals surface area contributed by atoms with Crippen molar-refractivity contribution in [3.8, 4) is 0 Å². The first kappa shape index (κ1) is 17.1. The second kappa shape index (κ2) is 6.86. The first-order valence-corrected chi connectivity index (χ1v) is 7.80. The van der Waals surface area contributed by atoms with Gasteiger partial charge in [0.1, 0.15) is 11.2 Å². The number of hydrogen-bond donors (Lipinski definition) is 1. The van der Waals surface area contributed by atoms with E-state index in [2.05, 4.69) is 5.32 Å². The van der Waals surface area contributed by atoms with Crippen LogP contribution >= 0.6 is 0 Å². The van der Waals surface area contributed by atoms with E-state index in [0.717, 1.165) is 5.39 Å². The van der Waals surface area contributed by atoms with Gasteiger partial charge in [0.25, 0.3) is 0 Å². The Balaban J connectivity index is 2.00. The summed E-state index contributed by atoms with van der Waals surface area (Å²) in [5.74, 6) is 0.180. The summed E-state index contributed by atoms with van der Waals surface area (Å²) in [6, 6.07) is 8.92. The van der Waals surface area contributed by atoms with Gasteiger partial charge in [-0.05, 0) is 39.3 Å². The molecule has 5 heteroatoms. The van der Waals surface area contributed by atoms with Crippen LogP contribution in [-0.4, -0.2) is 23.5 Å². The third kappa shape index (κ3) is 4.84. The molecule has 2 rings (SSSR count). The van der Waals surface area contributed by atoms with Gasteiger partial charge in [-0.1, -0.05) is 25.1 Å². The van der Waals surface area contributed by atoms with Crippen molar-refractivity contribution in [1.82, 2.24) is 5.32 Å². The third-order valence-electron chi connectivity index (χ3n) is 3.35. The van der Waals surface area contributed by atoms with Crippen molar-refractivity contribution < 1.29 is 18.7 Å². The third-order valence-corrected chi connectivity index (χ3v) is 3.35. The number of ketones is 1. The van der Waals surface area contributed by atoms with Crippen molar-refractivity contribution in [2.45, 2.75) is 52.2 Å². The second-order valence-corrected chi connectivity index (χ2v) is 6.53. The fourth-order valence-corrected chi connectivity index (χ4v) is 2.22. The summed E-state index contributed by atoms with van der Waals surface area (Å²) in [4.78, 5) is 24.2. The zero-order valence-electron chi connectivity index (χ0n) is 14.0. The summed E-state index contributed by atoms with van der Waals surface area (Å²) in [7, 11) is 0. The van der Waals surface area contributed by atoms with Gasteiger partial charge in [-0.25, -0.2) is 4.79 Å². The molecule has 1 heterocycles. The molecule has 0 bridgehead atoms. The van der Waals surface area contributed by atoms with Crippen LogP contribution in [-0.2, 0) is 4.74 Å². The van der Waals surface area contributed by atoms with Crippen LogP contribution in [0, 0.1) is 0 Å². The number of ether oxygens (including phenoxy) is 1. The van der Waals surface area contributed by atoms with E-state index in [1.54, 1.807) is 26.8 Å². The predicted molar refractivity (Wildman–Crippen MR) is 88.6 cm³/mol. The molecule has 0 aliphatic carbocycles. The Hall–Kier alpha value is -2.30. The number of benzene rings is 1. The van der Waals surface area contributed by atoms with Gasteiger partial charge in [0.05, 0.1) is 0 Å². The Kier molecular flexibility index (Phi) is 5.08. The number of amides is 1. The van der Waals surface area contributed by atoms with Gasteiger partial charge in [0.15, 0.2) is 11.5 Å². The van der Waals surface area contributed by atoms with Crippen LogP contribution in [0.15, 0.2) is 34.7 Å². The zero-order chi connectivity index (χ0) is 17.0. The SMILES string of the molecule is CCC(CC(=O)c1cc2ccccc2o1)NC(=O)OC(C)(C)C. The molecule has 124 valence electrons. The predicted octanol–water partition coefficient (Wildman–Crippen LogP) is 4.31. The summed E-state index contributed by atoms with van der Waals surface area (Å²) in [5.41, 5.74) is 0.120. The molecule has 1 aromatic heterocycles. The Bertz CT molecular complexity index is 663. The van der Waals surface area contributed by atoms with Gasteiger partial charge in [-0.15, -0.1) is 0 Å². The second-order valence-electron chi connectivity index (χ2n) is 6.53. The van der Waals surface area contributed by atoms with E-state index in [4.69, 9.17) is 9.15 Å². The minimum atomic E-state index is -0.564. The maximum atomic E-state index is 12.4. The minimum absolute atomic E-state index is 0.135. The molecule has 0 aliphatic rings. The standard InChI is InChI=1S/C18H23NO4/c1-5-13(19-17(21)23-18(2,3)4)11-14(20)16-10-12-8-6-7-9-15(12)22-16/h6-10,13H,5,11H2,1-4H3,(H,19,21). The van der Waals surface area contributed by atoms with Crippen LogP contribution in [0.3, 0.4) is 0 Å². The van der Waals surface area contributed by atoms with E-state index in [9.17, 15) is 9.59 Å². The van der Waals surface area contributed by atoms with Crippen LogP contribution in [0.4, 0.5) is 4.79 Å². The largest absolute Gasteiger partial charge is 0.453 e. The molecular formula is C18H23NO4. The fraction of sp³-hybridized carbons (Fsp3) is 0.444. The average molecular weight is 317 g/mol. The minimum Gasteiger partial charge on any atom is -0.453 e. The molecule has 0 saturated heterocycles. The molecule has 0 spiro atoms. The number of fused-ring (bicyclic) bond motifs is 1. The van der Waals surface area contributed by atoms with Gasteiger partial charge in [0.2, 0.25) is 0 Å². The summed E-state index contributed by atoms with van der Waals surface area (Å²) in [5, 5.41) is 3.63. The summed E-state index contributed by atoms with van der Waals surface area (Å²) in [6.07, 6.45) is 0.294. The number of para-hydroxylation sites is 1. The van der Waals surface area contributed by atoms with Gasteiger partial charge < -0.3 is 14.5 Å². The highest BCUT2D eigenvalue weighted by atomic mass is 16.6. The fourth-order valence-electron chi connectivity index (χ4n) is 2.22. The number of alkyl carbamates (subject to hydrolysis) is 1.